The van der Waals surface area contributed by atoms with Gasteiger partial charge in [-0.3, -0.25) is 9.69 Å². The SMILES string of the molecule is Cc1cccc(OC(CN(Cc2ccc3c(c2)OCO3)CC2CCCO2)C(=O)NCCc2ccccc2)c1. The fourth-order valence-electron chi connectivity index (χ4n) is 4.93. The number of amides is 1. The second-order valence-corrected chi connectivity index (χ2v) is 9.97. The van der Waals surface area contributed by atoms with E-state index in [0.29, 0.717) is 25.4 Å². The molecule has 0 aliphatic carbocycles. The number of carbonyl (C=O) groups is 1. The fraction of sp³-hybridized carbons (Fsp3) is 0.387. The minimum atomic E-state index is -0.678. The summed E-state index contributed by atoms with van der Waals surface area (Å²) in [5, 5.41) is 3.10. The molecule has 7 nitrogen and oxygen atoms in total. The molecule has 5 rings (SSSR count). The minimum Gasteiger partial charge on any atom is -0.479 e. The highest BCUT2D eigenvalue weighted by Gasteiger charge is 2.27. The molecule has 0 bridgehead atoms. The smallest absolute Gasteiger partial charge is 0.262 e. The molecule has 2 aliphatic heterocycles. The lowest BCUT2D eigenvalue weighted by atomic mass is 10.1. The van der Waals surface area contributed by atoms with Gasteiger partial charge in [-0.05, 0) is 67.1 Å². The Bertz CT molecular complexity index is 1200. The van der Waals surface area contributed by atoms with Gasteiger partial charge < -0.3 is 24.3 Å². The van der Waals surface area contributed by atoms with Crippen LogP contribution in [-0.2, 0) is 22.5 Å². The van der Waals surface area contributed by atoms with E-state index in [1.165, 1.54) is 5.56 Å². The summed E-state index contributed by atoms with van der Waals surface area (Å²) in [6.45, 7) is 5.38. The van der Waals surface area contributed by atoms with Gasteiger partial charge in [-0.2, -0.15) is 0 Å². The van der Waals surface area contributed by atoms with E-state index in [9.17, 15) is 4.79 Å². The van der Waals surface area contributed by atoms with E-state index in [-0.39, 0.29) is 18.8 Å². The van der Waals surface area contributed by atoms with Crippen molar-refractivity contribution in [2.75, 3.05) is 33.0 Å². The fourth-order valence-corrected chi connectivity index (χ4v) is 4.93. The van der Waals surface area contributed by atoms with Gasteiger partial charge >= 0.3 is 0 Å². The van der Waals surface area contributed by atoms with Crippen molar-refractivity contribution in [2.24, 2.45) is 0 Å². The van der Waals surface area contributed by atoms with Crippen molar-refractivity contribution in [3.8, 4) is 17.2 Å². The van der Waals surface area contributed by atoms with Gasteiger partial charge in [0.15, 0.2) is 17.6 Å². The normalized spacial score (nSPS) is 16.9. The highest BCUT2D eigenvalue weighted by molar-refractivity contribution is 5.81. The van der Waals surface area contributed by atoms with Gasteiger partial charge in [0.1, 0.15) is 5.75 Å². The number of aryl methyl sites for hydroxylation is 1. The Hall–Kier alpha value is -3.55. The average Bonchev–Trinajstić information content (AvgIpc) is 3.61. The van der Waals surface area contributed by atoms with Gasteiger partial charge in [-0.25, -0.2) is 0 Å². The summed E-state index contributed by atoms with van der Waals surface area (Å²) in [4.78, 5) is 15.7. The molecule has 2 unspecified atom stereocenters. The molecule has 0 aromatic heterocycles. The standard InChI is InChI=1S/C31H36N2O5/c1-23-7-5-10-26(17-23)38-30(31(34)32-15-14-24-8-3-2-4-9-24)21-33(20-27-11-6-16-35-27)19-25-12-13-28-29(18-25)37-22-36-28/h2-5,7-10,12-13,17-18,27,30H,6,11,14-16,19-22H2,1H3,(H,32,34). The molecule has 3 aromatic carbocycles. The molecule has 0 radical (unpaired) electrons. The Kier molecular flexibility index (Phi) is 8.78. The molecule has 0 saturated carbocycles. The third kappa shape index (κ3) is 7.27. The van der Waals surface area contributed by atoms with Crippen LogP contribution in [0.1, 0.15) is 29.5 Å². The Labute approximate surface area is 224 Å². The first-order chi connectivity index (χ1) is 18.6. The van der Waals surface area contributed by atoms with E-state index in [1.807, 2.05) is 67.6 Å². The van der Waals surface area contributed by atoms with Crippen molar-refractivity contribution in [3.05, 3.63) is 89.5 Å². The third-order valence-corrected chi connectivity index (χ3v) is 6.87. The van der Waals surface area contributed by atoms with E-state index in [2.05, 4.69) is 22.3 Å². The summed E-state index contributed by atoms with van der Waals surface area (Å²) in [5.41, 5.74) is 3.36. The Morgan fingerprint density at radius 1 is 1.03 bits per heavy atom. The molecule has 38 heavy (non-hydrogen) atoms. The predicted molar refractivity (Wildman–Crippen MR) is 146 cm³/mol. The summed E-state index contributed by atoms with van der Waals surface area (Å²) < 4.78 is 23.4. The number of ether oxygens (including phenoxy) is 4. The molecular formula is C31H36N2O5. The van der Waals surface area contributed by atoms with Crippen LogP contribution in [0.4, 0.5) is 0 Å². The lowest BCUT2D eigenvalue weighted by Gasteiger charge is -2.29. The predicted octanol–water partition coefficient (Wildman–Crippen LogP) is 4.51. The second kappa shape index (κ2) is 12.8. The zero-order valence-corrected chi connectivity index (χ0v) is 21.9. The summed E-state index contributed by atoms with van der Waals surface area (Å²) in [6.07, 6.45) is 2.31. The number of nitrogens with zero attached hydrogens (tertiary/aromatic N) is 1. The van der Waals surface area contributed by atoms with Crippen molar-refractivity contribution < 1.29 is 23.7 Å². The maximum atomic E-state index is 13.5. The lowest BCUT2D eigenvalue weighted by molar-refractivity contribution is -0.129. The Morgan fingerprint density at radius 3 is 2.71 bits per heavy atom. The summed E-state index contributed by atoms with van der Waals surface area (Å²) >= 11 is 0. The molecule has 1 fully saturated rings. The quantitative estimate of drug-likeness (QED) is 0.382. The van der Waals surface area contributed by atoms with E-state index in [4.69, 9.17) is 18.9 Å². The van der Waals surface area contributed by atoms with Crippen molar-refractivity contribution in [1.82, 2.24) is 10.2 Å². The van der Waals surface area contributed by atoms with Crippen molar-refractivity contribution in [3.63, 3.8) is 0 Å². The molecule has 0 spiro atoms. The number of rotatable bonds is 12. The van der Waals surface area contributed by atoms with Crippen molar-refractivity contribution in [2.45, 2.75) is 44.9 Å². The summed E-state index contributed by atoms with van der Waals surface area (Å²) in [5.74, 6) is 2.09. The van der Waals surface area contributed by atoms with Gasteiger partial charge in [0.25, 0.3) is 5.91 Å². The molecular weight excluding hydrogens is 480 g/mol. The summed E-state index contributed by atoms with van der Waals surface area (Å²) in [7, 11) is 0. The van der Waals surface area contributed by atoms with E-state index >= 15 is 0 Å². The molecule has 2 aliphatic rings. The molecule has 3 aromatic rings. The number of fused-ring (bicyclic) bond motifs is 1. The molecule has 1 saturated heterocycles. The average molecular weight is 517 g/mol. The Balaban J connectivity index is 1.31. The van der Waals surface area contributed by atoms with Gasteiger partial charge in [0.05, 0.1) is 6.10 Å². The maximum absolute atomic E-state index is 13.5. The van der Waals surface area contributed by atoms with Crippen LogP contribution in [0.2, 0.25) is 0 Å². The van der Waals surface area contributed by atoms with Gasteiger partial charge in [-0.1, -0.05) is 48.5 Å². The number of nitrogens with one attached hydrogen (secondary N) is 1. The molecule has 1 amide bonds. The van der Waals surface area contributed by atoms with E-state index in [0.717, 1.165) is 55.0 Å². The van der Waals surface area contributed by atoms with Crippen LogP contribution in [0.5, 0.6) is 17.2 Å². The van der Waals surface area contributed by atoms with Crippen LogP contribution in [0.15, 0.2) is 72.8 Å². The van der Waals surface area contributed by atoms with Crippen LogP contribution in [0.3, 0.4) is 0 Å². The number of hydrogen-bond donors (Lipinski definition) is 1. The van der Waals surface area contributed by atoms with Crippen LogP contribution in [0.25, 0.3) is 0 Å². The highest BCUT2D eigenvalue weighted by atomic mass is 16.7. The zero-order chi connectivity index (χ0) is 26.2. The Morgan fingerprint density at radius 2 is 1.89 bits per heavy atom. The first-order valence-corrected chi connectivity index (χ1v) is 13.4. The minimum absolute atomic E-state index is 0.120. The van der Waals surface area contributed by atoms with E-state index in [1.54, 1.807) is 0 Å². The van der Waals surface area contributed by atoms with Gasteiger partial charge in [-0.15, -0.1) is 0 Å². The zero-order valence-electron chi connectivity index (χ0n) is 21.9. The van der Waals surface area contributed by atoms with Crippen LogP contribution >= 0.6 is 0 Å². The number of hydrogen-bond acceptors (Lipinski definition) is 6. The van der Waals surface area contributed by atoms with Crippen LogP contribution in [0, 0.1) is 6.92 Å². The summed E-state index contributed by atoms with van der Waals surface area (Å²) in [6, 6.07) is 24.0. The molecule has 2 heterocycles. The maximum Gasteiger partial charge on any atom is 0.262 e. The van der Waals surface area contributed by atoms with E-state index < -0.39 is 6.10 Å². The first-order valence-electron chi connectivity index (χ1n) is 13.4. The van der Waals surface area contributed by atoms with Crippen LogP contribution in [-0.4, -0.2) is 56.0 Å². The monoisotopic (exact) mass is 516 g/mol. The van der Waals surface area contributed by atoms with Crippen LogP contribution < -0.4 is 19.5 Å². The lowest BCUT2D eigenvalue weighted by Crippen LogP contribution is -2.47. The topological polar surface area (TPSA) is 69.3 Å². The number of carbonyl (C=O) groups excluding carboxylic acids is 1. The molecule has 2 atom stereocenters. The molecule has 200 valence electrons. The second-order valence-electron chi connectivity index (χ2n) is 9.97. The highest BCUT2D eigenvalue weighted by Crippen LogP contribution is 2.33. The van der Waals surface area contributed by atoms with Crippen molar-refractivity contribution >= 4 is 5.91 Å². The molecule has 7 heteroatoms. The first kappa shape index (κ1) is 26.1. The molecule has 1 N–H and O–H groups in total. The van der Waals surface area contributed by atoms with Crippen molar-refractivity contribution in [1.29, 1.82) is 0 Å². The number of benzene rings is 3. The van der Waals surface area contributed by atoms with Gasteiger partial charge in [0.2, 0.25) is 6.79 Å². The third-order valence-electron chi connectivity index (χ3n) is 6.87. The van der Waals surface area contributed by atoms with Gasteiger partial charge in [0, 0.05) is 32.8 Å². The largest absolute Gasteiger partial charge is 0.479 e.